The summed E-state index contributed by atoms with van der Waals surface area (Å²) in [5.74, 6) is -0.298. The largest absolute Gasteiger partial charge is 0.463 e. The zero-order chi connectivity index (χ0) is 25.0. The molecule has 3 rings (SSSR count). The number of nitrogens with zero attached hydrogens (tertiary/aromatic N) is 3. The third-order valence-corrected chi connectivity index (χ3v) is 6.52. The minimum absolute atomic E-state index is 0.0417. The van der Waals surface area contributed by atoms with E-state index < -0.39 is 12.0 Å². The number of ether oxygens (including phenoxy) is 1. The van der Waals surface area contributed by atoms with E-state index in [-0.39, 0.29) is 30.5 Å². The van der Waals surface area contributed by atoms with Crippen LogP contribution in [0, 0.1) is 12.8 Å². The van der Waals surface area contributed by atoms with Gasteiger partial charge in [-0.05, 0) is 33.3 Å². The van der Waals surface area contributed by atoms with Crippen LogP contribution in [-0.4, -0.2) is 78.0 Å². The van der Waals surface area contributed by atoms with Gasteiger partial charge in [0.05, 0.1) is 18.2 Å². The highest BCUT2D eigenvalue weighted by atomic mass is 16.5. The molecule has 2 aliphatic heterocycles. The zero-order valence-electron chi connectivity index (χ0n) is 21.3. The van der Waals surface area contributed by atoms with Gasteiger partial charge in [0, 0.05) is 50.4 Å². The number of carbonyl (C=O) groups excluding carboxylic acids is 3. The van der Waals surface area contributed by atoms with Crippen LogP contribution in [0.4, 0.5) is 4.79 Å². The van der Waals surface area contributed by atoms with Gasteiger partial charge in [0.15, 0.2) is 0 Å². The van der Waals surface area contributed by atoms with Crippen molar-refractivity contribution in [2.75, 3.05) is 39.3 Å². The molecule has 2 heterocycles. The van der Waals surface area contributed by atoms with E-state index in [2.05, 4.69) is 10.2 Å². The van der Waals surface area contributed by atoms with Crippen LogP contribution in [0.2, 0.25) is 0 Å². The predicted molar refractivity (Wildman–Crippen MR) is 131 cm³/mol. The molecule has 0 bridgehead atoms. The highest BCUT2D eigenvalue weighted by Gasteiger charge is 2.39. The number of piperazine rings is 1. The average molecular weight is 471 g/mol. The topological polar surface area (TPSA) is 82.2 Å². The maximum absolute atomic E-state index is 13.2. The lowest BCUT2D eigenvalue weighted by Crippen LogP contribution is -2.57. The van der Waals surface area contributed by atoms with Crippen LogP contribution in [0.3, 0.4) is 0 Å². The molecule has 0 aromatic heterocycles. The third kappa shape index (κ3) is 5.43. The lowest BCUT2D eigenvalue weighted by Gasteiger charge is -2.43. The molecule has 1 fully saturated rings. The first kappa shape index (κ1) is 25.7. The van der Waals surface area contributed by atoms with E-state index in [1.54, 1.807) is 11.8 Å². The highest BCUT2D eigenvalue weighted by Crippen LogP contribution is 2.32. The number of hydrogen-bond acceptors (Lipinski definition) is 5. The molecule has 1 saturated heterocycles. The smallest absolute Gasteiger partial charge is 0.338 e. The zero-order valence-corrected chi connectivity index (χ0v) is 21.3. The molecule has 8 heteroatoms. The fourth-order valence-electron chi connectivity index (χ4n) is 4.71. The van der Waals surface area contributed by atoms with E-state index in [9.17, 15) is 14.4 Å². The molecule has 186 valence electrons. The number of likely N-dealkylation sites (N-methyl/N-ethyl adjacent to an activating group) is 1. The van der Waals surface area contributed by atoms with Crippen molar-refractivity contribution in [2.24, 2.45) is 5.92 Å². The van der Waals surface area contributed by atoms with Gasteiger partial charge in [-0.1, -0.05) is 43.7 Å². The Balaban J connectivity index is 1.97. The average Bonchev–Trinajstić information content (AvgIpc) is 2.79. The van der Waals surface area contributed by atoms with Crippen molar-refractivity contribution in [3.05, 3.63) is 46.7 Å². The Labute approximate surface area is 202 Å². The second-order valence-electron chi connectivity index (χ2n) is 9.39. The molecule has 8 nitrogen and oxygen atoms in total. The number of benzene rings is 1. The van der Waals surface area contributed by atoms with Crippen molar-refractivity contribution in [3.8, 4) is 0 Å². The molecule has 34 heavy (non-hydrogen) atoms. The summed E-state index contributed by atoms with van der Waals surface area (Å²) in [5, 5.41) is 3.01. The van der Waals surface area contributed by atoms with Gasteiger partial charge in [-0.15, -0.1) is 0 Å². The van der Waals surface area contributed by atoms with E-state index in [4.69, 9.17) is 4.74 Å². The number of aryl methyl sites for hydroxylation is 1. The van der Waals surface area contributed by atoms with Gasteiger partial charge in [0.2, 0.25) is 5.91 Å². The van der Waals surface area contributed by atoms with E-state index in [1.807, 2.05) is 63.8 Å². The van der Waals surface area contributed by atoms with Crippen LogP contribution in [-0.2, 0) is 14.3 Å². The molecule has 0 saturated carbocycles. The monoisotopic (exact) mass is 470 g/mol. The maximum atomic E-state index is 13.2. The summed E-state index contributed by atoms with van der Waals surface area (Å²) in [6, 6.07) is 7.08. The van der Waals surface area contributed by atoms with E-state index in [0.29, 0.717) is 44.0 Å². The van der Waals surface area contributed by atoms with Gasteiger partial charge in [0.25, 0.3) is 0 Å². The molecular weight excluding hydrogens is 432 g/mol. The Kier molecular flexibility index (Phi) is 8.36. The summed E-state index contributed by atoms with van der Waals surface area (Å²) in [4.78, 5) is 44.7. The summed E-state index contributed by atoms with van der Waals surface area (Å²) in [6.45, 7) is 14.7. The molecule has 2 atom stereocenters. The Hall–Kier alpha value is -2.87. The molecule has 0 radical (unpaired) electrons. The normalized spacial score (nSPS) is 21.7. The Morgan fingerprint density at radius 1 is 1.15 bits per heavy atom. The Morgan fingerprint density at radius 2 is 1.82 bits per heavy atom. The van der Waals surface area contributed by atoms with Crippen molar-refractivity contribution in [1.29, 1.82) is 0 Å². The Bertz CT molecular complexity index is 941. The molecule has 1 aromatic carbocycles. The summed E-state index contributed by atoms with van der Waals surface area (Å²) >= 11 is 0. The van der Waals surface area contributed by atoms with Crippen molar-refractivity contribution in [1.82, 2.24) is 20.0 Å². The van der Waals surface area contributed by atoms with Crippen molar-refractivity contribution >= 4 is 17.9 Å². The van der Waals surface area contributed by atoms with E-state index in [0.717, 1.165) is 11.1 Å². The number of rotatable bonds is 7. The fourth-order valence-corrected chi connectivity index (χ4v) is 4.71. The summed E-state index contributed by atoms with van der Waals surface area (Å²) in [7, 11) is 0. The third-order valence-electron chi connectivity index (χ3n) is 6.52. The van der Waals surface area contributed by atoms with Gasteiger partial charge < -0.3 is 15.0 Å². The number of urea groups is 1. The number of nitrogens with one attached hydrogen (secondary N) is 1. The van der Waals surface area contributed by atoms with E-state index >= 15 is 0 Å². The van der Waals surface area contributed by atoms with Gasteiger partial charge >= 0.3 is 12.0 Å². The lowest BCUT2D eigenvalue weighted by atomic mass is 9.93. The maximum Gasteiger partial charge on any atom is 0.338 e. The number of hydrogen-bond donors (Lipinski definition) is 1. The predicted octanol–water partition coefficient (Wildman–Crippen LogP) is 3.09. The second kappa shape index (κ2) is 11.0. The molecule has 1 N–H and O–H groups in total. The summed E-state index contributed by atoms with van der Waals surface area (Å²) in [5.41, 5.74) is 3.09. The van der Waals surface area contributed by atoms with Crippen LogP contribution in [0.1, 0.15) is 51.8 Å². The minimum Gasteiger partial charge on any atom is -0.463 e. The van der Waals surface area contributed by atoms with Gasteiger partial charge in [-0.2, -0.15) is 0 Å². The standard InChI is InChI=1S/C26H38N4O4/c1-7-29-21(16-28-13-14-30(19(6)15-28)24(31)17(3)4)22(25(32)34-8-2)23(27-26(29)33)20-11-9-18(5)10-12-20/h9-12,17,19,23H,7-8,13-16H2,1-6H3,(H,27,33). The summed E-state index contributed by atoms with van der Waals surface area (Å²) in [6.07, 6.45) is 0. The van der Waals surface area contributed by atoms with Crippen molar-refractivity contribution in [3.63, 3.8) is 0 Å². The summed E-state index contributed by atoms with van der Waals surface area (Å²) < 4.78 is 5.45. The number of carbonyl (C=O) groups is 3. The van der Waals surface area contributed by atoms with Gasteiger partial charge in [-0.3, -0.25) is 14.6 Å². The van der Waals surface area contributed by atoms with Gasteiger partial charge in [-0.25, -0.2) is 9.59 Å². The first-order valence-electron chi connectivity index (χ1n) is 12.2. The second-order valence-corrected chi connectivity index (χ2v) is 9.39. The number of esters is 1. The first-order chi connectivity index (χ1) is 16.2. The minimum atomic E-state index is -0.578. The quantitative estimate of drug-likeness (QED) is 0.620. The SMILES string of the molecule is CCOC(=O)C1=C(CN2CCN(C(=O)C(C)C)C(C)C2)N(CC)C(=O)NC1c1ccc(C)cc1. The molecular formula is C26H38N4O4. The first-order valence-corrected chi connectivity index (χ1v) is 12.2. The Morgan fingerprint density at radius 3 is 2.38 bits per heavy atom. The number of amides is 3. The van der Waals surface area contributed by atoms with Gasteiger partial charge in [0.1, 0.15) is 0 Å². The molecule has 2 aliphatic rings. The molecule has 2 unspecified atom stereocenters. The molecule has 0 aliphatic carbocycles. The van der Waals surface area contributed by atoms with Crippen molar-refractivity contribution in [2.45, 2.75) is 53.6 Å². The lowest BCUT2D eigenvalue weighted by molar-refractivity contribution is -0.139. The molecule has 3 amide bonds. The van der Waals surface area contributed by atoms with Crippen LogP contribution in [0.25, 0.3) is 0 Å². The fraction of sp³-hybridized carbons (Fsp3) is 0.577. The van der Waals surface area contributed by atoms with Crippen LogP contribution in [0.5, 0.6) is 0 Å². The molecule has 1 aromatic rings. The van der Waals surface area contributed by atoms with Crippen LogP contribution >= 0.6 is 0 Å². The van der Waals surface area contributed by atoms with Crippen molar-refractivity contribution < 1.29 is 19.1 Å². The highest BCUT2D eigenvalue weighted by molar-refractivity contribution is 5.95. The van der Waals surface area contributed by atoms with E-state index in [1.165, 1.54) is 0 Å². The van der Waals surface area contributed by atoms with Crippen LogP contribution < -0.4 is 5.32 Å². The van der Waals surface area contributed by atoms with Crippen LogP contribution in [0.15, 0.2) is 35.5 Å². The molecule has 0 spiro atoms.